The molecule has 2 aromatic rings. The van der Waals surface area contributed by atoms with Crippen LogP contribution >= 0.6 is 12.2 Å². The first kappa shape index (κ1) is 13.4. The highest BCUT2D eigenvalue weighted by Crippen LogP contribution is 2.23. The van der Waals surface area contributed by atoms with Gasteiger partial charge in [0.25, 0.3) is 0 Å². The minimum atomic E-state index is -0.302. The topological polar surface area (TPSA) is 58.9 Å². The molecule has 1 N–H and O–H groups in total. The molecule has 108 valence electrons. The quantitative estimate of drug-likeness (QED) is 0.861. The maximum atomic E-state index is 12.6. The highest BCUT2D eigenvalue weighted by atomic mass is 32.1. The Morgan fingerprint density at radius 3 is 2.70 bits per heavy atom. The van der Waals surface area contributed by atoms with E-state index >= 15 is 0 Å². The Hall–Kier alpha value is -1.63. The van der Waals surface area contributed by atoms with E-state index in [4.69, 9.17) is 12.2 Å². The Bertz CT molecular complexity index is 719. The van der Waals surface area contributed by atoms with Crippen LogP contribution in [0.3, 0.4) is 0 Å². The van der Waals surface area contributed by atoms with E-state index in [1.165, 1.54) is 0 Å². The van der Waals surface area contributed by atoms with E-state index in [-0.39, 0.29) is 11.9 Å². The normalized spacial score (nSPS) is 17.1. The third kappa shape index (κ3) is 1.88. The van der Waals surface area contributed by atoms with Gasteiger partial charge in [-0.2, -0.15) is 5.10 Å². The molecule has 0 bridgehead atoms. The van der Waals surface area contributed by atoms with E-state index in [1.807, 2.05) is 30.4 Å². The number of hydrogen-bond donors (Lipinski definition) is 1. The number of likely N-dealkylation sites (tertiary alicyclic amines) is 1. The smallest absolute Gasteiger partial charge is 0.245 e. The highest BCUT2D eigenvalue weighted by molar-refractivity contribution is 7.71. The number of carbonyl (C=O) groups excluding carboxylic acids is 1. The molecule has 0 saturated carbocycles. The number of hydrogen-bond acceptors (Lipinski definition) is 3. The van der Waals surface area contributed by atoms with Crippen LogP contribution in [0.15, 0.2) is 0 Å². The third-order valence-electron chi connectivity index (χ3n) is 4.03. The maximum absolute atomic E-state index is 12.6. The fourth-order valence-corrected chi connectivity index (χ4v) is 3.35. The molecule has 6 nitrogen and oxygen atoms in total. The summed E-state index contributed by atoms with van der Waals surface area (Å²) in [4.78, 5) is 17.7. The van der Waals surface area contributed by atoms with Gasteiger partial charge in [0.2, 0.25) is 5.91 Å². The Morgan fingerprint density at radius 1 is 1.40 bits per heavy atom. The van der Waals surface area contributed by atoms with Crippen molar-refractivity contribution in [1.29, 1.82) is 0 Å². The first-order chi connectivity index (χ1) is 9.50. The van der Waals surface area contributed by atoms with Crippen molar-refractivity contribution >= 4 is 29.3 Å². The number of amides is 1. The fraction of sp³-hybridized carbons (Fsp3) is 0.615. The zero-order chi connectivity index (χ0) is 14.4. The van der Waals surface area contributed by atoms with Crippen LogP contribution < -0.4 is 0 Å². The van der Waals surface area contributed by atoms with Crippen LogP contribution in [0.2, 0.25) is 0 Å². The van der Waals surface area contributed by atoms with Crippen molar-refractivity contribution in [2.75, 3.05) is 13.1 Å². The summed E-state index contributed by atoms with van der Waals surface area (Å²) in [6.45, 7) is 5.56. The summed E-state index contributed by atoms with van der Waals surface area (Å²) in [5.41, 5.74) is 2.69. The van der Waals surface area contributed by atoms with Crippen LogP contribution in [0.25, 0.3) is 11.2 Å². The third-order valence-corrected chi connectivity index (χ3v) is 4.33. The number of imidazole rings is 1. The lowest BCUT2D eigenvalue weighted by molar-refractivity contribution is -0.133. The Balaban J connectivity index is 2.07. The number of nitrogens with one attached hydrogen (secondary N) is 1. The van der Waals surface area contributed by atoms with Crippen molar-refractivity contribution < 1.29 is 4.79 Å². The van der Waals surface area contributed by atoms with Gasteiger partial charge < -0.3 is 9.88 Å². The molecule has 1 saturated heterocycles. The van der Waals surface area contributed by atoms with Gasteiger partial charge in [-0.3, -0.25) is 14.0 Å². The molecule has 2 aromatic heterocycles. The summed E-state index contributed by atoms with van der Waals surface area (Å²) in [6, 6.07) is -0.302. The van der Waals surface area contributed by atoms with Gasteiger partial charge in [-0.1, -0.05) is 0 Å². The van der Waals surface area contributed by atoms with Crippen molar-refractivity contribution in [3.8, 4) is 0 Å². The number of aryl methyl sites for hydroxylation is 2. The largest absolute Gasteiger partial charge is 0.341 e. The van der Waals surface area contributed by atoms with Crippen molar-refractivity contribution in [3.05, 3.63) is 10.5 Å². The van der Waals surface area contributed by atoms with E-state index in [0.29, 0.717) is 4.77 Å². The number of fused-ring (bicyclic) bond motifs is 1. The lowest BCUT2D eigenvalue weighted by Crippen LogP contribution is -2.34. The molecule has 1 amide bonds. The van der Waals surface area contributed by atoms with Crippen LogP contribution in [-0.2, 0) is 11.8 Å². The van der Waals surface area contributed by atoms with Crippen LogP contribution in [0.5, 0.6) is 0 Å². The maximum Gasteiger partial charge on any atom is 0.245 e. The SMILES string of the molecule is Cc1nn(C)c2c1[nH]c(=S)n2C(C)C(=O)N1CCCC1. The summed E-state index contributed by atoms with van der Waals surface area (Å²) >= 11 is 5.39. The molecule has 1 fully saturated rings. The molecule has 7 heteroatoms. The van der Waals surface area contributed by atoms with Gasteiger partial charge in [0.1, 0.15) is 11.6 Å². The number of rotatable bonds is 2. The Labute approximate surface area is 122 Å². The zero-order valence-electron chi connectivity index (χ0n) is 12.0. The molecule has 1 aliphatic rings. The van der Waals surface area contributed by atoms with Gasteiger partial charge in [0.15, 0.2) is 10.4 Å². The molecule has 3 rings (SSSR count). The minimum absolute atomic E-state index is 0.137. The van der Waals surface area contributed by atoms with Crippen molar-refractivity contribution in [3.63, 3.8) is 0 Å². The predicted molar refractivity (Wildman–Crippen MR) is 79.2 cm³/mol. The summed E-state index contributed by atoms with van der Waals surface area (Å²) < 4.78 is 4.24. The second kappa shape index (κ2) is 4.73. The molecule has 1 aliphatic heterocycles. The summed E-state index contributed by atoms with van der Waals surface area (Å²) in [5, 5.41) is 4.38. The first-order valence-electron chi connectivity index (χ1n) is 6.93. The van der Waals surface area contributed by atoms with E-state index in [0.717, 1.165) is 42.8 Å². The highest BCUT2D eigenvalue weighted by Gasteiger charge is 2.27. The van der Waals surface area contributed by atoms with E-state index in [2.05, 4.69) is 10.1 Å². The molecule has 3 heterocycles. The van der Waals surface area contributed by atoms with Crippen molar-refractivity contribution in [2.24, 2.45) is 7.05 Å². The number of aromatic amines is 1. The van der Waals surface area contributed by atoms with Gasteiger partial charge in [0.05, 0.1) is 5.69 Å². The first-order valence-corrected chi connectivity index (χ1v) is 7.34. The Kier molecular flexibility index (Phi) is 3.16. The van der Waals surface area contributed by atoms with Gasteiger partial charge >= 0.3 is 0 Å². The summed E-state index contributed by atoms with van der Waals surface area (Å²) in [7, 11) is 1.88. The average molecular weight is 293 g/mol. The van der Waals surface area contributed by atoms with Gasteiger partial charge in [-0.25, -0.2) is 0 Å². The summed E-state index contributed by atoms with van der Waals surface area (Å²) in [5.74, 6) is 0.137. The monoisotopic (exact) mass is 293 g/mol. The van der Waals surface area contributed by atoms with E-state index < -0.39 is 0 Å². The zero-order valence-corrected chi connectivity index (χ0v) is 12.8. The molecular formula is C13H19N5OS. The Morgan fingerprint density at radius 2 is 2.05 bits per heavy atom. The van der Waals surface area contributed by atoms with Crippen LogP contribution in [0.4, 0.5) is 0 Å². The number of aromatic nitrogens is 4. The second-order valence-electron chi connectivity index (χ2n) is 5.42. The average Bonchev–Trinajstić information content (AvgIpc) is 3.08. The molecule has 0 spiro atoms. The van der Waals surface area contributed by atoms with Crippen LogP contribution in [-0.4, -0.2) is 43.2 Å². The van der Waals surface area contributed by atoms with Gasteiger partial charge in [-0.15, -0.1) is 0 Å². The fourth-order valence-electron chi connectivity index (χ4n) is 3.00. The molecule has 0 aromatic carbocycles. The number of carbonyl (C=O) groups is 1. The van der Waals surface area contributed by atoms with Crippen LogP contribution in [0.1, 0.15) is 31.5 Å². The van der Waals surface area contributed by atoms with Crippen molar-refractivity contribution in [2.45, 2.75) is 32.7 Å². The summed E-state index contributed by atoms with van der Waals surface area (Å²) in [6.07, 6.45) is 2.19. The van der Waals surface area contributed by atoms with Crippen LogP contribution in [0, 0.1) is 11.7 Å². The van der Waals surface area contributed by atoms with E-state index in [1.54, 1.807) is 4.68 Å². The molecule has 0 aliphatic carbocycles. The minimum Gasteiger partial charge on any atom is -0.341 e. The molecule has 0 radical (unpaired) electrons. The standard InChI is InChI=1S/C13H19N5OS/c1-8-10-11(16(3)15-8)18(13(20)14-10)9(2)12(19)17-6-4-5-7-17/h9H,4-7H2,1-3H3,(H,14,20). The van der Waals surface area contributed by atoms with E-state index in [9.17, 15) is 4.79 Å². The molecule has 20 heavy (non-hydrogen) atoms. The second-order valence-corrected chi connectivity index (χ2v) is 5.80. The van der Waals surface area contributed by atoms with Gasteiger partial charge in [0, 0.05) is 20.1 Å². The van der Waals surface area contributed by atoms with Crippen molar-refractivity contribution in [1.82, 2.24) is 24.2 Å². The molecule has 1 atom stereocenters. The predicted octanol–water partition coefficient (Wildman–Crippen LogP) is 1.92. The van der Waals surface area contributed by atoms with Gasteiger partial charge in [-0.05, 0) is 38.9 Å². The number of H-pyrrole nitrogens is 1. The lowest BCUT2D eigenvalue weighted by atomic mass is 10.3. The molecular weight excluding hydrogens is 274 g/mol. The number of nitrogens with zero attached hydrogens (tertiary/aromatic N) is 4. The molecule has 1 unspecified atom stereocenters. The lowest BCUT2D eigenvalue weighted by Gasteiger charge is -2.21.